The van der Waals surface area contributed by atoms with E-state index < -0.39 is 37.7 Å². The molecule has 0 bridgehead atoms. The van der Waals surface area contributed by atoms with Crippen LogP contribution in [0.3, 0.4) is 0 Å². The Balaban J connectivity index is 2.04. The van der Waals surface area contributed by atoms with E-state index in [1.54, 1.807) is 6.92 Å². The van der Waals surface area contributed by atoms with Crippen LogP contribution >= 0.6 is 0 Å². The third-order valence-corrected chi connectivity index (χ3v) is 13.2. The van der Waals surface area contributed by atoms with Crippen molar-refractivity contribution in [3.63, 3.8) is 0 Å². The summed E-state index contributed by atoms with van der Waals surface area (Å²) < 4.78 is 12.7. The molecule has 0 radical (unpaired) electrons. The average molecular weight is 573 g/mol. The number of ether oxygens (including phenoxy) is 1. The Morgan fingerprint density at radius 3 is 2.27 bits per heavy atom. The molecule has 8 nitrogen and oxygen atoms in total. The van der Waals surface area contributed by atoms with E-state index in [-0.39, 0.29) is 23.8 Å². The third-order valence-electron chi connectivity index (χ3n) is 8.89. The first-order chi connectivity index (χ1) is 18.7. The molecule has 0 unspecified atom stereocenters. The summed E-state index contributed by atoms with van der Waals surface area (Å²) in [7, 11) is -2.34. The molecular formula is C31H48N2O6Si. The maximum absolute atomic E-state index is 13.8. The zero-order chi connectivity index (χ0) is 29.7. The number of hydrogen-bond acceptors (Lipinski definition) is 8. The number of fused-ring (bicyclic) bond motifs is 1. The minimum atomic E-state index is -2.34. The van der Waals surface area contributed by atoms with Crippen molar-refractivity contribution >= 4 is 37.3 Å². The van der Waals surface area contributed by atoms with Gasteiger partial charge in [0, 0.05) is 31.1 Å². The van der Waals surface area contributed by atoms with Crippen LogP contribution in [0.4, 0.5) is 5.69 Å². The smallest absolute Gasteiger partial charge is 0.342 e. The van der Waals surface area contributed by atoms with Crippen molar-refractivity contribution in [2.45, 2.75) is 104 Å². The lowest BCUT2D eigenvalue weighted by molar-refractivity contribution is -0.144. The predicted molar refractivity (Wildman–Crippen MR) is 160 cm³/mol. The highest BCUT2D eigenvalue weighted by Crippen LogP contribution is 2.40. The van der Waals surface area contributed by atoms with Crippen molar-refractivity contribution in [2.24, 2.45) is 11.8 Å². The lowest BCUT2D eigenvalue weighted by atomic mass is 9.94. The number of anilines is 1. The molecule has 0 aliphatic carbocycles. The molecule has 0 saturated carbocycles. The summed E-state index contributed by atoms with van der Waals surface area (Å²) in [6, 6.07) is 3.87. The second-order valence-electron chi connectivity index (χ2n) is 13.1. The zero-order valence-electron chi connectivity index (χ0n) is 25.4. The average Bonchev–Trinajstić information content (AvgIpc) is 2.88. The molecule has 2 N–H and O–H groups in total. The Morgan fingerprint density at radius 1 is 0.975 bits per heavy atom. The van der Waals surface area contributed by atoms with Crippen molar-refractivity contribution in [2.75, 3.05) is 25.0 Å². The Kier molecular flexibility index (Phi) is 10.7. The maximum atomic E-state index is 13.8. The van der Waals surface area contributed by atoms with Crippen molar-refractivity contribution in [3.05, 3.63) is 23.3 Å². The number of ketones is 3. The van der Waals surface area contributed by atoms with Gasteiger partial charge in [-0.05, 0) is 93.7 Å². The maximum Gasteiger partial charge on any atom is 0.342 e. The first kappa shape index (κ1) is 32.0. The summed E-state index contributed by atoms with van der Waals surface area (Å²) in [5.41, 5.74) is 1.97. The van der Waals surface area contributed by atoms with Gasteiger partial charge in [-0.25, -0.2) is 4.79 Å². The monoisotopic (exact) mass is 572 g/mol. The van der Waals surface area contributed by atoms with E-state index in [0.717, 1.165) is 43.7 Å². The number of Topliss-reactive ketones (excluding diaryl/α,β-unsaturated/α-hetero) is 3. The summed E-state index contributed by atoms with van der Waals surface area (Å²) in [4.78, 5) is 51.0. The molecule has 1 fully saturated rings. The lowest BCUT2D eigenvalue weighted by Gasteiger charge is -2.37. The van der Waals surface area contributed by atoms with Crippen molar-refractivity contribution in [3.8, 4) is 5.75 Å². The van der Waals surface area contributed by atoms with E-state index in [2.05, 4.69) is 44.5 Å². The highest BCUT2D eigenvalue weighted by atomic mass is 28.4. The Labute approximate surface area is 240 Å². The van der Waals surface area contributed by atoms with Crippen LogP contribution in [0, 0.1) is 11.8 Å². The van der Waals surface area contributed by atoms with Gasteiger partial charge >= 0.3 is 5.97 Å². The number of piperidine rings is 1. The minimum absolute atomic E-state index is 0.0317. The SMILES string of the molecule is C[C@@H]1CCC(=O)C(=O)C(=O)CCCc2cc(NCC3CCNCC3)cc(O[Si](C)(C)C(C)(C)C)c2C(=O)O[C@H]1C. The molecule has 9 heteroatoms. The van der Waals surface area contributed by atoms with Crippen LogP contribution in [-0.4, -0.2) is 57.4 Å². The van der Waals surface area contributed by atoms with Gasteiger partial charge in [0.25, 0.3) is 14.1 Å². The molecule has 40 heavy (non-hydrogen) atoms. The zero-order valence-corrected chi connectivity index (χ0v) is 26.4. The fourth-order valence-corrected chi connectivity index (χ4v) is 5.84. The highest BCUT2D eigenvalue weighted by Gasteiger charge is 2.40. The number of carbonyl (C=O) groups is 4. The third kappa shape index (κ3) is 8.25. The molecule has 2 aliphatic rings. The molecule has 0 spiro atoms. The quantitative estimate of drug-likeness (QED) is 0.271. The Hall–Kier alpha value is -2.52. The number of rotatable bonds is 5. The Morgan fingerprint density at radius 2 is 1.62 bits per heavy atom. The summed E-state index contributed by atoms with van der Waals surface area (Å²) in [5, 5.41) is 6.88. The number of hydrogen-bond donors (Lipinski definition) is 2. The van der Waals surface area contributed by atoms with Gasteiger partial charge in [0.05, 0.1) is 0 Å². The van der Waals surface area contributed by atoms with Crippen LogP contribution in [0.5, 0.6) is 5.75 Å². The molecule has 2 aliphatic heterocycles. The van der Waals surface area contributed by atoms with Crippen LogP contribution in [-0.2, 0) is 25.5 Å². The van der Waals surface area contributed by atoms with Gasteiger partial charge in [0.1, 0.15) is 17.4 Å². The topological polar surface area (TPSA) is 111 Å². The standard InChI is InChI=1S/C31H48N2O6Si/c1-20-11-12-26(35)29(36)25(34)10-8-9-23-17-24(33-19-22-13-15-32-16-14-22)18-27(28(23)30(37)38-21(20)2)39-40(6,7)31(3,4)5/h17-18,20-22,32-33H,8-16,19H2,1-7H3/t20-,21+/m1/s1. The number of benzene rings is 1. The van der Waals surface area contributed by atoms with Crippen molar-refractivity contribution in [1.82, 2.24) is 5.32 Å². The molecule has 1 saturated heterocycles. The Bertz CT molecular complexity index is 1100. The molecule has 1 aromatic rings. The molecule has 1 aromatic carbocycles. The van der Waals surface area contributed by atoms with Crippen LogP contribution in [0.25, 0.3) is 0 Å². The minimum Gasteiger partial charge on any atom is -0.543 e. The number of cyclic esters (lactones) is 1. The van der Waals surface area contributed by atoms with Crippen LogP contribution < -0.4 is 15.1 Å². The van der Waals surface area contributed by atoms with E-state index in [1.807, 2.05) is 19.1 Å². The summed E-state index contributed by atoms with van der Waals surface area (Å²) in [6.45, 7) is 17.3. The molecule has 2 heterocycles. The van der Waals surface area contributed by atoms with E-state index in [9.17, 15) is 19.2 Å². The van der Waals surface area contributed by atoms with Gasteiger partial charge in [-0.3, -0.25) is 14.4 Å². The first-order valence-corrected chi connectivity index (χ1v) is 17.7. The highest BCUT2D eigenvalue weighted by molar-refractivity contribution is 6.74. The van der Waals surface area contributed by atoms with Crippen LogP contribution in [0.1, 0.15) is 89.1 Å². The van der Waals surface area contributed by atoms with Gasteiger partial charge in [0.2, 0.25) is 11.6 Å². The van der Waals surface area contributed by atoms with Gasteiger partial charge in [-0.2, -0.15) is 0 Å². The van der Waals surface area contributed by atoms with Gasteiger partial charge in [-0.1, -0.05) is 27.7 Å². The summed E-state index contributed by atoms with van der Waals surface area (Å²) in [5.74, 6) is -1.82. The van der Waals surface area contributed by atoms with E-state index >= 15 is 0 Å². The molecule has 2 atom stereocenters. The van der Waals surface area contributed by atoms with Crippen molar-refractivity contribution < 1.29 is 28.3 Å². The van der Waals surface area contributed by atoms with Gasteiger partial charge in [0.15, 0.2) is 0 Å². The number of carbonyl (C=O) groups excluding carboxylic acids is 4. The normalized spacial score (nSPS) is 22.8. The van der Waals surface area contributed by atoms with E-state index in [1.165, 1.54) is 0 Å². The van der Waals surface area contributed by atoms with Gasteiger partial charge < -0.3 is 19.8 Å². The van der Waals surface area contributed by atoms with E-state index in [4.69, 9.17) is 9.16 Å². The second-order valence-corrected chi connectivity index (χ2v) is 17.8. The second kappa shape index (κ2) is 13.4. The fraction of sp³-hybridized carbons (Fsp3) is 0.677. The van der Waals surface area contributed by atoms with Crippen LogP contribution in [0.2, 0.25) is 18.1 Å². The predicted octanol–water partition coefficient (Wildman–Crippen LogP) is 5.49. The molecule has 0 aromatic heterocycles. The number of nitrogens with one attached hydrogen (secondary N) is 2. The fourth-order valence-electron chi connectivity index (χ4n) is 4.82. The molecule has 0 amide bonds. The lowest BCUT2D eigenvalue weighted by Crippen LogP contribution is -2.44. The number of aryl methyl sites for hydroxylation is 1. The van der Waals surface area contributed by atoms with Gasteiger partial charge in [-0.15, -0.1) is 0 Å². The molecule has 222 valence electrons. The summed E-state index contributed by atoms with van der Waals surface area (Å²) >= 11 is 0. The van der Waals surface area contributed by atoms with Crippen molar-refractivity contribution in [1.29, 1.82) is 0 Å². The number of esters is 1. The first-order valence-electron chi connectivity index (χ1n) is 14.8. The molecular weight excluding hydrogens is 524 g/mol. The summed E-state index contributed by atoms with van der Waals surface area (Å²) in [6.07, 6.45) is 2.70. The van der Waals surface area contributed by atoms with Crippen LogP contribution in [0.15, 0.2) is 12.1 Å². The van der Waals surface area contributed by atoms with E-state index in [0.29, 0.717) is 36.5 Å². The largest absolute Gasteiger partial charge is 0.543 e. The molecule has 3 rings (SSSR count).